The predicted octanol–water partition coefficient (Wildman–Crippen LogP) is 1.53. The fourth-order valence-electron chi connectivity index (χ4n) is 2.87. The summed E-state index contributed by atoms with van der Waals surface area (Å²) in [6.07, 6.45) is 1.86. The van der Waals surface area contributed by atoms with Gasteiger partial charge < -0.3 is 16.5 Å². The van der Waals surface area contributed by atoms with Crippen LogP contribution in [0.3, 0.4) is 0 Å². The van der Waals surface area contributed by atoms with E-state index in [1.165, 1.54) is 0 Å². The summed E-state index contributed by atoms with van der Waals surface area (Å²) in [6, 6.07) is 7.78. The van der Waals surface area contributed by atoms with Crippen LogP contribution >= 0.6 is 0 Å². The van der Waals surface area contributed by atoms with Crippen LogP contribution in [0.25, 0.3) is 33.5 Å². The van der Waals surface area contributed by atoms with E-state index in [0.29, 0.717) is 5.82 Å². The number of anilines is 1. The van der Waals surface area contributed by atoms with Crippen LogP contribution in [0.15, 0.2) is 30.6 Å². The molecule has 4 rings (SSSR count). The predicted molar refractivity (Wildman–Crippen MR) is 89.4 cm³/mol. The summed E-state index contributed by atoms with van der Waals surface area (Å²) in [4.78, 5) is 15.5. The molecule has 116 valence electrons. The quantitative estimate of drug-likeness (QED) is 0.420. The summed E-state index contributed by atoms with van der Waals surface area (Å²) < 4.78 is 2.00. The number of pyridine rings is 2. The number of imidazole rings is 1. The highest BCUT2D eigenvalue weighted by Crippen LogP contribution is 2.28. The summed E-state index contributed by atoms with van der Waals surface area (Å²) in [5.74, 6) is 0.471. The molecule has 0 aliphatic rings. The molecule has 0 aliphatic carbocycles. The van der Waals surface area contributed by atoms with Crippen LogP contribution in [0.2, 0.25) is 0 Å². The van der Waals surface area contributed by atoms with E-state index in [1.54, 1.807) is 0 Å². The number of nitrogens with zero attached hydrogens (tertiary/aromatic N) is 3. The normalized spacial score (nSPS) is 13.0. The third-order valence-electron chi connectivity index (χ3n) is 4.05. The number of nitrogens with two attached hydrogens (primary N) is 2. The Hall–Kier alpha value is -2.93. The minimum Gasteiger partial charge on any atom is -0.380 e. The van der Waals surface area contributed by atoms with Gasteiger partial charge in [-0.3, -0.25) is 0 Å². The van der Waals surface area contributed by atoms with E-state index in [-0.39, 0.29) is 6.04 Å². The Kier molecular flexibility index (Phi) is 2.85. The van der Waals surface area contributed by atoms with Gasteiger partial charge in [0.25, 0.3) is 0 Å². The summed E-state index contributed by atoms with van der Waals surface area (Å²) in [6.45, 7) is 1.92. The molecule has 0 amide bonds. The minimum atomic E-state index is -0.109. The number of nitrogens with one attached hydrogen (secondary N) is 2. The fourth-order valence-corrected chi connectivity index (χ4v) is 2.87. The first-order chi connectivity index (χ1) is 11.0. The summed E-state index contributed by atoms with van der Waals surface area (Å²) in [5.41, 5.74) is 17.1. The van der Waals surface area contributed by atoms with E-state index >= 15 is 0 Å². The van der Waals surface area contributed by atoms with Gasteiger partial charge in [0.05, 0.1) is 29.5 Å². The first-order valence-electron chi connectivity index (χ1n) is 7.42. The van der Waals surface area contributed by atoms with Gasteiger partial charge in [0.15, 0.2) is 11.3 Å². The number of H-pyrrole nitrogens is 2. The third-order valence-corrected chi connectivity index (χ3v) is 4.05. The van der Waals surface area contributed by atoms with Crippen molar-refractivity contribution in [1.82, 2.24) is 19.9 Å². The first kappa shape index (κ1) is 13.7. The number of hydrogen-bond acceptors (Lipinski definition) is 4. The lowest BCUT2D eigenvalue weighted by Crippen LogP contribution is -2.25. The number of aryl methyl sites for hydroxylation is 1. The fraction of sp³-hybridized carbons (Fsp3) is 0.188. The summed E-state index contributed by atoms with van der Waals surface area (Å²) in [5, 5.41) is 1.00. The molecule has 0 saturated carbocycles. The molecule has 0 radical (unpaired) electrons. The average Bonchev–Trinajstić information content (AvgIpc) is 3.11. The zero-order valence-corrected chi connectivity index (χ0v) is 13.0. The van der Waals surface area contributed by atoms with Crippen LogP contribution in [-0.2, 0) is 7.05 Å². The molecule has 0 bridgehead atoms. The first-order valence-corrected chi connectivity index (χ1v) is 7.42. The van der Waals surface area contributed by atoms with Crippen LogP contribution in [-0.4, -0.2) is 19.9 Å². The molecular formula is C16H18N7+. The molecular weight excluding hydrogens is 290 g/mol. The van der Waals surface area contributed by atoms with Crippen LogP contribution in [0.5, 0.6) is 0 Å². The van der Waals surface area contributed by atoms with Crippen molar-refractivity contribution >= 4 is 27.9 Å². The molecule has 0 fully saturated rings. The van der Waals surface area contributed by atoms with Gasteiger partial charge in [-0.25, -0.2) is 19.5 Å². The molecule has 7 nitrogen and oxygen atoms in total. The molecule has 0 aliphatic heterocycles. The average molecular weight is 308 g/mol. The van der Waals surface area contributed by atoms with Crippen molar-refractivity contribution in [2.24, 2.45) is 12.8 Å². The maximum absolute atomic E-state index is 6.04. The van der Waals surface area contributed by atoms with E-state index in [0.717, 1.165) is 39.1 Å². The highest BCUT2D eigenvalue weighted by molar-refractivity contribution is 6.04. The molecule has 0 aromatic carbocycles. The largest absolute Gasteiger partial charge is 0.380 e. The molecule has 1 atom stereocenters. The zero-order valence-electron chi connectivity index (χ0n) is 13.0. The highest BCUT2D eigenvalue weighted by atomic mass is 15.1. The van der Waals surface area contributed by atoms with Crippen molar-refractivity contribution in [2.75, 3.05) is 5.73 Å². The number of aromatic amines is 2. The van der Waals surface area contributed by atoms with Crippen LogP contribution in [0.4, 0.5) is 5.82 Å². The molecule has 4 aromatic heterocycles. The summed E-state index contributed by atoms with van der Waals surface area (Å²) >= 11 is 0. The van der Waals surface area contributed by atoms with E-state index in [4.69, 9.17) is 11.5 Å². The number of fused-ring (bicyclic) bond motifs is 3. The van der Waals surface area contributed by atoms with Gasteiger partial charge in [-0.1, -0.05) is 6.07 Å². The van der Waals surface area contributed by atoms with Crippen LogP contribution < -0.4 is 16.0 Å². The van der Waals surface area contributed by atoms with Crippen LogP contribution in [0.1, 0.15) is 18.7 Å². The van der Waals surface area contributed by atoms with Crippen molar-refractivity contribution < 1.29 is 4.57 Å². The number of hydrogen-bond donors (Lipinski definition) is 4. The Morgan fingerprint density at radius 2 is 2.09 bits per heavy atom. The lowest BCUT2D eigenvalue weighted by atomic mass is 10.2. The molecule has 0 spiro atoms. The van der Waals surface area contributed by atoms with Crippen LogP contribution in [0, 0.1) is 0 Å². The third kappa shape index (κ3) is 2.05. The maximum atomic E-state index is 6.04. The standard InChI is InChI=1S/C16H17N7/c1-8(17)10-4-3-5-11(20-10)12-6-9-14-13(19-7-23(14)2)15(18)22-16(9)21-12/h3-8H,17H2,1-2H3,(H3,18,20,21,22)/p+1. The molecule has 4 aromatic rings. The molecule has 23 heavy (non-hydrogen) atoms. The monoisotopic (exact) mass is 308 g/mol. The Bertz CT molecular complexity index is 1030. The van der Waals surface area contributed by atoms with Gasteiger partial charge in [0.1, 0.15) is 5.65 Å². The maximum Gasteiger partial charge on any atom is 0.242 e. The Labute approximate surface area is 132 Å². The van der Waals surface area contributed by atoms with Crippen molar-refractivity contribution in [3.05, 3.63) is 36.3 Å². The molecule has 4 heterocycles. The Morgan fingerprint density at radius 1 is 1.26 bits per heavy atom. The van der Waals surface area contributed by atoms with Crippen molar-refractivity contribution in [3.63, 3.8) is 0 Å². The molecule has 6 N–H and O–H groups in total. The van der Waals surface area contributed by atoms with Gasteiger partial charge in [0, 0.05) is 6.04 Å². The second-order valence-corrected chi connectivity index (χ2v) is 5.79. The van der Waals surface area contributed by atoms with Crippen molar-refractivity contribution in [3.8, 4) is 11.4 Å². The lowest BCUT2D eigenvalue weighted by molar-refractivity contribution is -0.643. The van der Waals surface area contributed by atoms with Gasteiger partial charge in [-0.05, 0) is 25.1 Å². The SMILES string of the molecule is CC(N)c1cccc(-c2cc3c(nc(N)c4[nH]c[n+](C)c43)[nH]2)n1. The minimum absolute atomic E-state index is 0.109. The van der Waals surface area contributed by atoms with Gasteiger partial charge in [-0.2, -0.15) is 0 Å². The second kappa shape index (κ2) is 4.79. The van der Waals surface area contributed by atoms with E-state index < -0.39 is 0 Å². The van der Waals surface area contributed by atoms with E-state index in [9.17, 15) is 0 Å². The topological polar surface area (TPSA) is 113 Å². The second-order valence-electron chi connectivity index (χ2n) is 5.79. The van der Waals surface area contributed by atoms with Crippen molar-refractivity contribution in [1.29, 1.82) is 0 Å². The molecule has 0 saturated heterocycles. The lowest BCUT2D eigenvalue weighted by Gasteiger charge is -2.05. The Morgan fingerprint density at radius 3 is 2.87 bits per heavy atom. The van der Waals surface area contributed by atoms with Gasteiger partial charge >= 0.3 is 0 Å². The van der Waals surface area contributed by atoms with Crippen molar-refractivity contribution in [2.45, 2.75) is 13.0 Å². The van der Waals surface area contributed by atoms with E-state index in [2.05, 4.69) is 19.9 Å². The highest BCUT2D eigenvalue weighted by Gasteiger charge is 2.18. The number of nitrogen functional groups attached to an aromatic ring is 1. The number of aromatic nitrogens is 5. The Balaban J connectivity index is 1.97. The van der Waals surface area contributed by atoms with Gasteiger partial charge in [-0.15, -0.1) is 0 Å². The number of rotatable bonds is 2. The zero-order chi connectivity index (χ0) is 16.1. The smallest absolute Gasteiger partial charge is 0.242 e. The van der Waals surface area contributed by atoms with Gasteiger partial charge in [0.2, 0.25) is 11.8 Å². The molecule has 1 unspecified atom stereocenters. The molecule has 7 heteroatoms. The van der Waals surface area contributed by atoms with E-state index in [1.807, 2.05) is 49.1 Å². The summed E-state index contributed by atoms with van der Waals surface area (Å²) in [7, 11) is 1.97.